The minimum absolute atomic E-state index is 0.0541. The largest absolute Gasteiger partial charge is 0.469 e. The first kappa shape index (κ1) is 19.9. The number of amides is 3. The fourth-order valence-corrected chi connectivity index (χ4v) is 4.37. The van der Waals surface area contributed by atoms with Crippen LogP contribution in [0.15, 0.2) is 54.6 Å². The lowest BCUT2D eigenvalue weighted by Crippen LogP contribution is -2.56. The van der Waals surface area contributed by atoms with E-state index in [-0.39, 0.29) is 36.7 Å². The smallest absolute Gasteiger partial charge is 0.322 e. The van der Waals surface area contributed by atoms with Gasteiger partial charge in [-0.15, -0.1) is 0 Å². The molecule has 2 aromatic rings. The number of methoxy groups -OCH3 is 1. The van der Waals surface area contributed by atoms with E-state index in [0.29, 0.717) is 6.42 Å². The highest BCUT2D eigenvalue weighted by Gasteiger charge is 2.51. The SMILES string of the molecule is COC(=O)[C@H]1C[C@H]2CN(C(=O)Nc3ccccc3F)CC(=O)N2[C@H]1c1ccccc1. The molecule has 2 aromatic carbocycles. The van der Waals surface area contributed by atoms with Crippen LogP contribution >= 0.6 is 0 Å². The van der Waals surface area contributed by atoms with Crippen LogP contribution in [0.5, 0.6) is 0 Å². The van der Waals surface area contributed by atoms with Crippen molar-refractivity contribution in [2.24, 2.45) is 5.92 Å². The maximum atomic E-state index is 13.9. The van der Waals surface area contributed by atoms with Crippen LogP contribution in [0, 0.1) is 11.7 Å². The van der Waals surface area contributed by atoms with Crippen molar-refractivity contribution in [2.45, 2.75) is 18.5 Å². The Morgan fingerprint density at radius 2 is 1.80 bits per heavy atom. The fourth-order valence-electron chi connectivity index (χ4n) is 4.37. The van der Waals surface area contributed by atoms with Crippen LogP contribution in [0.1, 0.15) is 18.0 Å². The van der Waals surface area contributed by atoms with Gasteiger partial charge < -0.3 is 19.9 Å². The van der Waals surface area contributed by atoms with Gasteiger partial charge in [-0.25, -0.2) is 9.18 Å². The van der Waals surface area contributed by atoms with Gasteiger partial charge in [0.25, 0.3) is 0 Å². The molecule has 3 atom stereocenters. The van der Waals surface area contributed by atoms with Crippen LogP contribution in [0.4, 0.5) is 14.9 Å². The minimum atomic E-state index is -0.550. The quantitative estimate of drug-likeness (QED) is 0.788. The van der Waals surface area contributed by atoms with Crippen LogP contribution < -0.4 is 5.32 Å². The molecule has 0 spiro atoms. The van der Waals surface area contributed by atoms with Gasteiger partial charge in [0.05, 0.1) is 30.8 Å². The first-order valence-corrected chi connectivity index (χ1v) is 9.74. The van der Waals surface area contributed by atoms with Crippen LogP contribution in [0.2, 0.25) is 0 Å². The fraction of sp³-hybridized carbons (Fsp3) is 0.318. The Morgan fingerprint density at radius 3 is 2.50 bits per heavy atom. The molecule has 2 aliphatic rings. The van der Waals surface area contributed by atoms with Crippen molar-refractivity contribution in [1.29, 1.82) is 0 Å². The maximum Gasteiger partial charge on any atom is 0.322 e. The lowest BCUT2D eigenvalue weighted by molar-refractivity contribution is -0.147. The third kappa shape index (κ3) is 3.60. The molecule has 2 fully saturated rings. The van der Waals surface area contributed by atoms with E-state index < -0.39 is 23.8 Å². The zero-order valence-corrected chi connectivity index (χ0v) is 16.5. The maximum absolute atomic E-state index is 13.9. The summed E-state index contributed by atoms with van der Waals surface area (Å²) in [5.74, 6) is -1.70. The molecule has 0 saturated carbocycles. The van der Waals surface area contributed by atoms with E-state index in [1.807, 2.05) is 30.3 Å². The molecule has 7 nitrogen and oxygen atoms in total. The average Bonchev–Trinajstić information content (AvgIpc) is 3.15. The number of rotatable bonds is 3. The molecule has 0 aliphatic carbocycles. The topological polar surface area (TPSA) is 79.0 Å². The second-order valence-electron chi connectivity index (χ2n) is 7.47. The van der Waals surface area contributed by atoms with Crippen molar-refractivity contribution >= 4 is 23.6 Å². The number of nitrogens with zero attached hydrogens (tertiary/aromatic N) is 2. The Morgan fingerprint density at radius 1 is 1.10 bits per heavy atom. The highest BCUT2D eigenvalue weighted by atomic mass is 19.1. The van der Waals surface area contributed by atoms with Crippen LogP contribution in [0.25, 0.3) is 0 Å². The number of nitrogens with one attached hydrogen (secondary N) is 1. The molecule has 4 rings (SSSR count). The molecular formula is C22H22FN3O4. The molecule has 0 unspecified atom stereocenters. The Labute approximate surface area is 173 Å². The van der Waals surface area contributed by atoms with E-state index in [2.05, 4.69) is 5.32 Å². The molecule has 2 saturated heterocycles. The monoisotopic (exact) mass is 411 g/mol. The number of carbonyl (C=O) groups excluding carboxylic acids is 3. The Balaban J connectivity index is 1.56. The van der Waals surface area contributed by atoms with Crippen molar-refractivity contribution in [2.75, 3.05) is 25.5 Å². The van der Waals surface area contributed by atoms with Gasteiger partial charge in [0.15, 0.2) is 0 Å². The van der Waals surface area contributed by atoms with Crippen molar-refractivity contribution in [3.8, 4) is 0 Å². The highest BCUT2D eigenvalue weighted by Crippen LogP contribution is 2.43. The number of piperazine rings is 1. The summed E-state index contributed by atoms with van der Waals surface area (Å²) in [5.41, 5.74) is 0.909. The summed E-state index contributed by atoms with van der Waals surface area (Å²) >= 11 is 0. The second-order valence-corrected chi connectivity index (χ2v) is 7.47. The Hall–Kier alpha value is -3.42. The number of urea groups is 1. The van der Waals surface area contributed by atoms with Crippen LogP contribution in [-0.2, 0) is 14.3 Å². The van der Waals surface area contributed by atoms with E-state index >= 15 is 0 Å². The molecule has 2 heterocycles. The molecule has 8 heteroatoms. The highest BCUT2D eigenvalue weighted by molar-refractivity contribution is 5.94. The summed E-state index contributed by atoms with van der Waals surface area (Å²) in [6.45, 7) is 0.108. The van der Waals surface area contributed by atoms with E-state index in [1.165, 1.54) is 30.2 Å². The van der Waals surface area contributed by atoms with Gasteiger partial charge >= 0.3 is 12.0 Å². The van der Waals surface area contributed by atoms with Crippen molar-refractivity contribution in [1.82, 2.24) is 9.80 Å². The van der Waals surface area contributed by atoms with Crippen molar-refractivity contribution < 1.29 is 23.5 Å². The van der Waals surface area contributed by atoms with E-state index in [1.54, 1.807) is 11.0 Å². The number of fused-ring (bicyclic) bond motifs is 1. The minimum Gasteiger partial charge on any atom is -0.469 e. The molecule has 156 valence electrons. The lowest BCUT2D eigenvalue weighted by Gasteiger charge is -2.40. The Bertz CT molecular complexity index is 968. The van der Waals surface area contributed by atoms with Gasteiger partial charge in [-0.1, -0.05) is 42.5 Å². The first-order valence-electron chi connectivity index (χ1n) is 9.74. The van der Waals surface area contributed by atoms with E-state index in [4.69, 9.17) is 4.74 Å². The lowest BCUT2D eigenvalue weighted by atomic mass is 9.93. The van der Waals surface area contributed by atoms with E-state index in [9.17, 15) is 18.8 Å². The van der Waals surface area contributed by atoms with Gasteiger partial charge in [-0.2, -0.15) is 0 Å². The summed E-state index contributed by atoms with van der Waals surface area (Å²) in [5, 5.41) is 2.52. The zero-order valence-electron chi connectivity index (χ0n) is 16.5. The number of esters is 1. The van der Waals surface area contributed by atoms with E-state index in [0.717, 1.165) is 5.56 Å². The normalized spacial score (nSPS) is 23.1. The van der Waals surface area contributed by atoms with Crippen LogP contribution in [-0.4, -0.2) is 53.9 Å². The number of hydrogen-bond acceptors (Lipinski definition) is 4. The third-order valence-electron chi connectivity index (χ3n) is 5.69. The van der Waals surface area contributed by atoms with Gasteiger partial charge in [-0.3, -0.25) is 9.59 Å². The molecule has 2 aliphatic heterocycles. The zero-order chi connectivity index (χ0) is 21.3. The summed E-state index contributed by atoms with van der Waals surface area (Å²) < 4.78 is 18.8. The summed E-state index contributed by atoms with van der Waals surface area (Å²) in [6.07, 6.45) is 0.390. The third-order valence-corrected chi connectivity index (χ3v) is 5.69. The number of hydrogen-bond donors (Lipinski definition) is 1. The number of carbonyl (C=O) groups is 3. The molecular weight excluding hydrogens is 389 g/mol. The van der Waals surface area contributed by atoms with Crippen molar-refractivity contribution in [3.05, 3.63) is 66.0 Å². The number of halogens is 1. The predicted octanol–water partition coefficient (Wildman–Crippen LogP) is 2.80. The standard InChI is InChI=1S/C22H22FN3O4/c1-30-21(28)16-11-15-12-25(22(29)24-18-10-6-5-9-17(18)23)13-19(27)26(15)20(16)14-7-3-2-4-8-14/h2-10,15-16,20H,11-13H2,1H3,(H,24,29)/t15-,16-,20-/m0/s1. The second kappa shape index (κ2) is 8.14. The number of anilines is 1. The van der Waals surface area contributed by atoms with Gasteiger partial charge in [0, 0.05) is 6.54 Å². The number of benzene rings is 2. The molecule has 30 heavy (non-hydrogen) atoms. The summed E-state index contributed by atoms with van der Waals surface area (Å²) in [7, 11) is 1.33. The van der Waals surface area contributed by atoms with Crippen molar-refractivity contribution in [3.63, 3.8) is 0 Å². The van der Waals surface area contributed by atoms with Crippen LogP contribution in [0.3, 0.4) is 0 Å². The Kier molecular flexibility index (Phi) is 5.39. The number of para-hydroxylation sites is 1. The first-order chi connectivity index (χ1) is 14.5. The molecule has 3 amide bonds. The van der Waals surface area contributed by atoms with Gasteiger partial charge in [0.2, 0.25) is 5.91 Å². The molecule has 0 aromatic heterocycles. The van der Waals surface area contributed by atoms with Gasteiger partial charge in [0.1, 0.15) is 12.4 Å². The predicted molar refractivity (Wildman–Crippen MR) is 107 cm³/mol. The molecule has 0 bridgehead atoms. The molecule has 1 N–H and O–H groups in total. The average molecular weight is 411 g/mol. The summed E-state index contributed by atoms with van der Waals surface area (Å²) in [6, 6.07) is 13.9. The summed E-state index contributed by atoms with van der Waals surface area (Å²) in [4.78, 5) is 41.2. The van der Waals surface area contributed by atoms with Gasteiger partial charge in [-0.05, 0) is 24.1 Å². The molecule has 0 radical (unpaired) electrons. The number of ether oxygens (including phenoxy) is 1.